The monoisotopic (exact) mass is 1500 g/mol. The van der Waals surface area contributed by atoms with Gasteiger partial charge in [-0.15, -0.1) is 0 Å². The molecule has 4 heterocycles. The molecule has 7 nitrogen and oxygen atoms in total. The summed E-state index contributed by atoms with van der Waals surface area (Å²) in [5.41, 5.74) is 0. The molecule has 18 rings (SSSR count). The maximum atomic E-state index is 5.76. The summed E-state index contributed by atoms with van der Waals surface area (Å²) < 4.78 is 39.8. The van der Waals surface area contributed by atoms with Crippen LogP contribution in [0.4, 0.5) is 0 Å². The molecule has 14 aromatic rings. The van der Waals surface area contributed by atoms with Gasteiger partial charge in [-0.25, -0.2) is 0 Å². The molecule has 4 aliphatic heterocycles. The third-order valence-corrected chi connectivity index (χ3v) is 18.2. The molecule has 0 radical (unpaired) electrons. The summed E-state index contributed by atoms with van der Waals surface area (Å²) in [5, 5.41) is 0. The highest BCUT2D eigenvalue weighted by atomic mass is 32.2. The predicted molar refractivity (Wildman–Crippen MR) is 446 cm³/mol. The van der Waals surface area contributed by atoms with Gasteiger partial charge in [-0.05, 0) is 207 Å². The smallest absolute Gasteiger partial charge is 0.141 e. The highest BCUT2D eigenvalue weighted by Gasteiger charge is 2.19. The van der Waals surface area contributed by atoms with Gasteiger partial charge in [-0.2, -0.15) is 35.3 Å². The van der Waals surface area contributed by atoms with Gasteiger partial charge in [-0.1, -0.05) is 253 Å². The SMILES string of the molecule is CSC.CSC.CSC.c1ccc(Oc2ccccc2)cc1.c1ccc(Oc2ccccc2)cc1.c1ccc(Oc2ccccc2)cc1.c1ccc2c(c1)Oc1ccccc1S2.c1ccc2c(c1)Oc1ccccc1S2.c1ccc2c(c1)Oc1ccccc1S2.c1ccc2c(c1)Oc1ccccc1S2. The molecule has 0 spiro atoms. The summed E-state index contributed by atoms with van der Waals surface area (Å²) in [6.45, 7) is 0. The number of hydrogen-bond donors (Lipinski definition) is 0. The van der Waals surface area contributed by atoms with E-state index >= 15 is 0 Å². The van der Waals surface area contributed by atoms with Crippen molar-refractivity contribution in [2.45, 2.75) is 39.2 Å². The Bertz CT molecular complexity index is 3710. The van der Waals surface area contributed by atoms with Crippen LogP contribution >= 0.6 is 82.3 Å². The second kappa shape index (κ2) is 45.3. The fourth-order valence-electron chi connectivity index (χ4n) is 9.24. The fourth-order valence-corrected chi connectivity index (χ4v) is 13.0. The molecule has 0 fully saturated rings. The summed E-state index contributed by atoms with van der Waals surface area (Å²) in [6.07, 6.45) is 12.2. The van der Waals surface area contributed by atoms with Crippen LogP contribution in [0, 0.1) is 0 Å². The number of hydrogen-bond acceptors (Lipinski definition) is 14. The number of fused-ring (bicyclic) bond motifs is 8. The van der Waals surface area contributed by atoms with Crippen LogP contribution in [0.2, 0.25) is 0 Å². The third-order valence-electron chi connectivity index (χ3n) is 13.7. The van der Waals surface area contributed by atoms with Gasteiger partial charge in [0.2, 0.25) is 0 Å². The van der Waals surface area contributed by atoms with Crippen molar-refractivity contribution in [3.63, 3.8) is 0 Å². The molecule has 0 aromatic heterocycles. The normalized spacial score (nSPS) is 10.9. The minimum Gasteiger partial charge on any atom is -0.457 e. The van der Waals surface area contributed by atoms with E-state index in [0.29, 0.717) is 0 Å². The molecule has 4 aliphatic rings. The van der Waals surface area contributed by atoms with E-state index in [-0.39, 0.29) is 0 Å². The second-order valence-electron chi connectivity index (χ2n) is 21.8. The zero-order valence-electron chi connectivity index (χ0n) is 58.5. The number of rotatable bonds is 6. The van der Waals surface area contributed by atoms with E-state index < -0.39 is 0 Å². The molecule has 0 amide bonds. The lowest BCUT2D eigenvalue weighted by molar-refractivity contribution is 0.454. The molecule has 14 heteroatoms. The van der Waals surface area contributed by atoms with Crippen molar-refractivity contribution in [3.8, 4) is 80.5 Å². The summed E-state index contributed by atoms with van der Waals surface area (Å²) in [5.74, 6) is 12.9. The van der Waals surface area contributed by atoms with Crippen LogP contribution in [0.1, 0.15) is 0 Å². The first kappa shape index (κ1) is 78.3. The molecule has 524 valence electrons. The maximum Gasteiger partial charge on any atom is 0.141 e. The highest BCUT2D eigenvalue weighted by Crippen LogP contribution is 2.50. The molecule has 0 bridgehead atoms. The molecular formula is C90H80O7S7. The molecule has 0 saturated carbocycles. The van der Waals surface area contributed by atoms with Crippen LogP contribution in [0.5, 0.6) is 80.5 Å². The fraction of sp³-hybridized carbons (Fsp3) is 0.0667. The van der Waals surface area contributed by atoms with E-state index in [4.69, 9.17) is 33.2 Å². The zero-order chi connectivity index (χ0) is 72.4. The number of para-hydroxylation sites is 14. The molecule has 0 atom stereocenters. The van der Waals surface area contributed by atoms with Gasteiger partial charge >= 0.3 is 0 Å². The van der Waals surface area contributed by atoms with Crippen molar-refractivity contribution < 1.29 is 33.2 Å². The number of ether oxygens (including phenoxy) is 7. The number of thioether (sulfide) groups is 3. The minimum atomic E-state index is 0.869. The van der Waals surface area contributed by atoms with Gasteiger partial charge in [0.15, 0.2) is 0 Å². The average molecular weight is 1500 g/mol. The summed E-state index contributed by atoms with van der Waals surface area (Å²) in [4.78, 5) is 9.49. The molecule has 0 N–H and O–H groups in total. The average Bonchev–Trinajstić information content (AvgIpc) is 0.831. The van der Waals surface area contributed by atoms with Crippen LogP contribution in [-0.2, 0) is 0 Å². The molecular weight excluding hydrogens is 1420 g/mol. The topological polar surface area (TPSA) is 64.6 Å². The van der Waals surface area contributed by atoms with Gasteiger partial charge in [0, 0.05) is 0 Å². The zero-order valence-corrected chi connectivity index (χ0v) is 64.2. The van der Waals surface area contributed by atoms with Crippen molar-refractivity contribution in [2.24, 2.45) is 0 Å². The second-order valence-corrected chi connectivity index (χ2v) is 28.6. The summed E-state index contributed by atoms with van der Waals surface area (Å²) >= 11 is 12.3. The first-order valence-corrected chi connectivity index (χ1v) is 41.2. The molecule has 0 aliphatic carbocycles. The van der Waals surface area contributed by atoms with Gasteiger partial charge in [-0.3, -0.25) is 0 Å². The van der Waals surface area contributed by atoms with Gasteiger partial charge in [0.25, 0.3) is 0 Å². The lowest BCUT2D eigenvalue weighted by atomic mass is 10.3. The van der Waals surface area contributed by atoms with E-state index in [0.717, 1.165) is 80.5 Å². The Morgan fingerprint density at radius 1 is 0.163 bits per heavy atom. The van der Waals surface area contributed by atoms with Crippen molar-refractivity contribution in [3.05, 3.63) is 376 Å². The quantitative estimate of drug-likeness (QED) is 0.159. The van der Waals surface area contributed by atoms with E-state index in [2.05, 4.69) is 48.5 Å². The van der Waals surface area contributed by atoms with E-state index in [1.165, 1.54) is 39.2 Å². The van der Waals surface area contributed by atoms with Gasteiger partial charge in [0.05, 0.1) is 39.2 Å². The standard InChI is InChI=1S/4C12H8OS.3C12H10O.3C2H6S/c4*1-3-7-11-9(5-1)13-10-6-2-4-8-12(10)14-11;3*1-3-7-11(8-4-1)13-12-9-5-2-6-10-12;3*1-3-2/h4*1-8H;3*1-10H;3*1-2H3. The first-order valence-electron chi connectivity index (χ1n) is 33.0. The van der Waals surface area contributed by atoms with E-state index in [1.807, 2.05) is 365 Å². The Kier molecular flexibility index (Phi) is 34.1. The molecule has 0 saturated heterocycles. The lowest BCUT2D eigenvalue weighted by Crippen LogP contribution is -1.93. The molecule has 0 unspecified atom stereocenters. The maximum absolute atomic E-state index is 5.76. The van der Waals surface area contributed by atoms with Crippen molar-refractivity contribution in [2.75, 3.05) is 37.5 Å². The molecule has 104 heavy (non-hydrogen) atoms. The predicted octanol–water partition coefficient (Wildman–Crippen LogP) is 29.1. The Hall–Kier alpha value is -9.87. The highest BCUT2D eigenvalue weighted by molar-refractivity contribution is 8.00. The Labute approximate surface area is 643 Å². The number of benzene rings is 14. The summed E-state index contributed by atoms with van der Waals surface area (Å²) in [7, 11) is 0. The Morgan fingerprint density at radius 3 is 0.394 bits per heavy atom. The Morgan fingerprint density at radius 2 is 0.269 bits per heavy atom. The van der Waals surface area contributed by atoms with Crippen LogP contribution < -0.4 is 33.2 Å². The van der Waals surface area contributed by atoms with Crippen LogP contribution in [0.15, 0.2) is 415 Å². The summed E-state index contributed by atoms with van der Waals surface area (Å²) in [6, 6.07) is 123. The van der Waals surface area contributed by atoms with Gasteiger partial charge < -0.3 is 33.2 Å². The van der Waals surface area contributed by atoms with Gasteiger partial charge in [0.1, 0.15) is 80.5 Å². The van der Waals surface area contributed by atoms with E-state index in [1.54, 1.807) is 82.3 Å². The van der Waals surface area contributed by atoms with Crippen LogP contribution in [0.25, 0.3) is 0 Å². The van der Waals surface area contributed by atoms with Crippen molar-refractivity contribution in [1.29, 1.82) is 0 Å². The lowest BCUT2D eigenvalue weighted by Gasteiger charge is -2.18. The van der Waals surface area contributed by atoms with Crippen molar-refractivity contribution >= 4 is 82.3 Å². The van der Waals surface area contributed by atoms with Crippen molar-refractivity contribution in [1.82, 2.24) is 0 Å². The molecule has 14 aromatic carbocycles. The third kappa shape index (κ3) is 26.4. The minimum absolute atomic E-state index is 0.869. The Balaban J connectivity index is 0.000000138. The van der Waals surface area contributed by atoms with Crippen LogP contribution in [-0.4, -0.2) is 37.5 Å². The first-order chi connectivity index (χ1) is 51.3. The largest absolute Gasteiger partial charge is 0.457 e. The van der Waals surface area contributed by atoms with E-state index in [9.17, 15) is 0 Å². The van der Waals surface area contributed by atoms with Crippen LogP contribution in [0.3, 0.4) is 0 Å².